The van der Waals surface area contributed by atoms with Crippen LogP contribution in [0, 0.1) is 0 Å². The SMILES string of the molecule is CCCCC/C=C/CC(O)/C=C/C=C/C=C/C(O)CCCC(=O)OC(COCCCCCCCCCCCCCCCC)COP(=O)(O)OCC[N+](C)(C)C. The Morgan fingerprint density at radius 2 is 1.20 bits per heavy atom. The van der Waals surface area contributed by atoms with Crippen LogP contribution in [0.4, 0.5) is 0 Å². The maximum absolute atomic E-state index is 12.7. The van der Waals surface area contributed by atoms with Crippen molar-refractivity contribution in [2.75, 3.05) is 54.1 Å². The molecule has 0 saturated heterocycles. The predicted molar refractivity (Wildman–Crippen MR) is 227 cm³/mol. The van der Waals surface area contributed by atoms with Gasteiger partial charge in [0.05, 0.1) is 46.6 Å². The highest BCUT2D eigenvalue weighted by Gasteiger charge is 2.26. The molecule has 0 heterocycles. The highest BCUT2D eigenvalue weighted by molar-refractivity contribution is 7.47. The average Bonchev–Trinajstić information content (AvgIpc) is 3.12. The maximum Gasteiger partial charge on any atom is 0.472 e. The minimum Gasteiger partial charge on any atom is -0.457 e. The first-order valence-corrected chi connectivity index (χ1v) is 23.1. The molecule has 0 aromatic rings. The van der Waals surface area contributed by atoms with Gasteiger partial charge in [0.1, 0.15) is 19.3 Å². The van der Waals surface area contributed by atoms with Crippen LogP contribution in [0.1, 0.15) is 155 Å². The first-order chi connectivity index (χ1) is 26.4. The van der Waals surface area contributed by atoms with Crippen molar-refractivity contribution in [3.05, 3.63) is 48.6 Å². The van der Waals surface area contributed by atoms with Gasteiger partial charge in [0.15, 0.2) is 0 Å². The Labute approximate surface area is 336 Å². The Bertz CT molecular complexity index is 1060. The van der Waals surface area contributed by atoms with Crippen molar-refractivity contribution >= 4 is 13.8 Å². The van der Waals surface area contributed by atoms with Gasteiger partial charge in [-0.15, -0.1) is 0 Å². The quantitative estimate of drug-likeness (QED) is 0.0139. The van der Waals surface area contributed by atoms with E-state index in [1.54, 1.807) is 36.5 Å². The van der Waals surface area contributed by atoms with Gasteiger partial charge in [0.25, 0.3) is 0 Å². The van der Waals surface area contributed by atoms with Crippen molar-refractivity contribution in [2.24, 2.45) is 0 Å². The molecule has 0 saturated carbocycles. The van der Waals surface area contributed by atoms with Crippen molar-refractivity contribution in [3.8, 4) is 0 Å². The Morgan fingerprint density at radius 1 is 0.655 bits per heavy atom. The third-order valence-corrected chi connectivity index (χ3v) is 10.1. The molecule has 4 unspecified atom stereocenters. The maximum atomic E-state index is 12.7. The van der Waals surface area contributed by atoms with Crippen LogP contribution < -0.4 is 0 Å². The zero-order valence-electron chi connectivity index (χ0n) is 35.6. The second-order valence-electron chi connectivity index (χ2n) is 15.8. The number of unbranched alkanes of at least 4 members (excludes halogenated alkanes) is 16. The average molecular weight is 801 g/mol. The molecule has 11 heteroatoms. The number of phosphoric ester groups is 1. The van der Waals surface area contributed by atoms with E-state index in [2.05, 4.69) is 19.9 Å². The Morgan fingerprint density at radius 3 is 1.78 bits per heavy atom. The summed E-state index contributed by atoms with van der Waals surface area (Å²) in [5.74, 6) is -0.497. The zero-order valence-corrected chi connectivity index (χ0v) is 36.5. The van der Waals surface area contributed by atoms with Crippen LogP contribution in [0.15, 0.2) is 48.6 Å². The van der Waals surface area contributed by atoms with Crippen LogP contribution in [-0.2, 0) is 27.9 Å². The summed E-state index contributed by atoms with van der Waals surface area (Å²) in [4.78, 5) is 22.9. The molecule has 0 radical (unpaired) electrons. The van der Waals surface area contributed by atoms with Gasteiger partial charge in [-0.1, -0.05) is 159 Å². The fourth-order valence-corrected chi connectivity index (χ4v) is 6.37. The number of allylic oxidation sites excluding steroid dienone is 5. The highest BCUT2D eigenvalue weighted by atomic mass is 31.2. The number of esters is 1. The molecule has 55 heavy (non-hydrogen) atoms. The van der Waals surface area contributed by atoms with Gasteiger partial charge in [-0.2, -0.15) is 0 Å². The van der Waals surface area contributed by atoms with Gasteiger partial charge < -0.3 is 29.1 Å². The van der Waals surface area contributed by atoms with Crippen LogP contribution in [0.5, 0.6) is 0 Å². The number of quaternary nitrogens is 1. The lowest BCUT2D eigenvalue weighted by Gasteiger charge is -2.24. The van der Waals surface area contributed by atoms with Crippen molar-refractivity contribution < 1.29 is 47.5 Å². The Balaban J connectivity index is 4.53. The first kappa shape index (κ1) is 53.4. The van der Waals surface area contributed by atoms with E-state index in [9.17, 15) is 24.5 Å². The van der Waals surface area contributed by atoms with E-state index in [-0.39, 0.29) is 26.2 Å². The van der Waals surface area contributed by atoms with Crippen molar-refractivity contribution in [2.45, 2.75) is 173 Å². The summed E-state index contributed by atoms with van der Waals surface area (Å²) in [6, 6.07) is 0. The molecule has 0 aliphatic rings. The molecule has 0 aromatic heterocycles. The summed E-state index contributed by atoms with van der Waals surface area (Å²) >= 11 is 0. The van der Waals surface area contributed by atoms with Crippen LogP contribution >= 0.6 is 7.82 Å². The molecule has 0 rings (SSSR count). The fourth-order valence-electron chi connectivity index (χ4n) is 5.63. The summed E-state index contributed by atoms with van der Waals surface area (Å²) in [5.41, 5.74) is 0. The number of likely N-dealkylation sites (N-methyl/N-ethyl adjacent to an activating group) is 1. The summed E-state index contributed by atoms with van der Waals surface area (Å²) in [5, 5.41) is 20.4. The molecule has 322 valence electrons. The molecule has 0 fully saturated rings. The molecular formula is C44H83NO9P+. The lowest BCUT2D eigenvalue weighted by atomic mass is 10.0. The number of aliphatic hydroxyl groups is 2. The molecule has 0 amide bonds. The summed E-state index contributed by atoms with van der Waals surface area (Å²) in [6.45, 7) is 5.21. The van der Waals surface area contributed by atoms with Gasteiger partial charge in [0.2, 0.25) is 0 Å². The summed E-state index contributed by atoms with van der Waals surface area (Å²) < 4.78 is 34.7. The third-order valence-electron chi connectivity index (χ3n) is 9.08. The highest BCUT2D eigenvalue weighted by Crippen LogP contribution is 2.43. The van der Waals surface area contributed by atoms with Gasteiger partial charge >= 0.3 is 13.8 Å². The molecule has 4 atom stereocenters. The van der Waals surface area contributed by atoms with Crippen molar-refractivity contribution in [1.29, 1.82) is 0 Å². The molecule has 0 aliphatic carbocycles. The van der Waals surface area contributed by atoms with E-state index in [1.165, 1.54) is 89.9 Å². The molecular weight excluding hydrogens is 717 g/mol. The number of rotatable bonds is 39. The number of phosphoric acid groups is 1. The molecule has 0 spiro atoms. The minimum absolute atomic E-state index is 0.0425. The summed E-state index contributed by atoms with van der Waals surface area (Å²) in [7, 11) is 1.51. The standard InChI is InChI=1S/C44H82NO9P/c1-6-8-10-12-14-15-16-17-18-19-20-21-25-29-37-51-39-43(40-53-55(49,50)52-38-36-45(3,4)5)54-44(48)35-30-34-42(47)33-28-24-23-27-32-41(46)31-26-22-13-11-9-7-2/h22-24,26-28,32-33,41-43,46-47H,6-21,25,29-31,34-40H2,1-5H3/p+1/b24-23+,26-22+,32-27+,33-28+. The van der Waals surface area contributed by atoms with E-state index in [0.717, 1.165) is 25.7 Å². The van der Waals surface area contributed by atoms with Gasteiger partial charge in [0, 0.05) is 13.0 Å². The summed E-state index contributed by atoms with van der Waals surface area (Å²) in [6.07, 6.45) is 36.3. The predicted octanol–water partition coefficient (Wildman–Crippen LogP) is 10.3. The number of aliphatic hydroxyl groups excluding tert-OH is 2. The number of carbonyl (C=O) groups excluding carboxylic acids is 1. The number of ether oxygens (including phenoxy) is 2. The largest absolute Gasteiger partial charge is 0.472 e. The molecule has 10 nitrogen and oxygen atoms in total. The Hall–Kier alpha value is -1.62. The molecule has 0 bridgehead atoms. The Kier molecular flexibility index (Phi) is 35.6. The van der Waals surface area contributed by atoms with E-state index in [0.29, 0.717) is 36.9 Å². The van der Waals surface area contributed by atoms with E-state index in [1.807, 2.05) is 27.2 Å². The third kappa shape index (κ3) is 40.4. The van der Waals surface area contributed by atoms with Crippen LogP contribution in [0.3, 0.4) is 0 Å². The van der Waals surface area contributed by atoms with Crippen molar-refractivity contribution in [1.82, 2.24) is 0 Å². The number of hydrogen-bond acceptors (Lipinski definition) is 8. The monoisotopic (exact) mass is 801 g/mol. The second kappa shape index (κ2) is 36.7. The minimum atomic E-state index is -4.34. The normalized spacial score (nSPS) is 15.4. The van der Waals surface area contributed by atoms with Crippen LogP contribution in [0.2, 0.25) is 0 Å². The zero-order chi connectivity index (χ0) is 40.9. The topological polar surface area (TPSA) is 132 Å². The second-order valence-corrected chi connectivity index (χ2v) is 17.2. The van der Waals surface area contributed by atoms with Crippen molar-refractivity contribution in [3.63, 3.8) is 0 Å². The van der Waals surface area contributed by atoms with Gasteiger partial charge in [-0.05, 0) is 38.5 Å². The fraction of sp³-hybridized carbons (Fsp3) is 0.795. The number of hydrogen-bond donors (Lipinski definition) is 3. The molecule has 3 N–H and O–H groups in total. The van der Waals surface area contributed by atoms with Crippen LogP contribution in [0.25, 0.3) is 0 Å². The molecule has 0 aliphatic heterocycles. The van der Waals surface area contributed by atoms with E-state index < -0.39 is 32.1 Å². The lowest BCUT2D eigenvalue weighted by molar-refractivity contribution is -0.870. The van der Waals surface area contributed by atoms with E-state index >= 15 is 0 Å². The first-order valence-electron chi connectivity index (χ1n) is 21.6. The van der Waals surface area contributed by atoms with Gasteiger partial charge in [-0.25, -0.2) is 4.57 Å². The molecule has 0 aromatic carbocycles. The number of carbonyl (C=O) groups is 1. The number of nitrogens with zero attached hydrogens (tertiary/aromatic N) is 1. The van der Waals surface area contributed by atoms with Crippen LogP contribution in [-0.4, -0.2) is 98.0 Å². The van der Waals surface area contributed by atoms with Gasteiger partial charge in [-0.3, -0.25) is 13.8 Å². The van der Waals surface area contributed by atoms with E-state index in [4.69, 9.17) is 18.5 Å². The smallest absolute Gasteiger partial charge is 0.457 e. The lowest BCUT2D eigenvalue weighted by Crippen LogP contribution is -2.37.